The topological polar surface area (TPSA) is 129 Å². The van der Waals surface area contributed by atoms with Crippen molar-refractivity contribution < 1.29 is 29.3 Å². The number of anilines is 1. The number of rotatable bonds is 6. The monoisotopic (exact) mass is 500 g/mol. The Hall–Kier alpha value is -4.63. The molecule has 3 aromatic carbocycles. The number of benzene rings is 2. The Morgan fingerprint density at radius 1 is 1.03 bits per heavy atom. The van der Waals surface area contributed by atoms with Gasteiger partial charge in [-0.25, -0.2) is 4.79 Å². The van der Waals surface area contributed by atoms with Crippen molar-refractivity contribution in [3.05, 3.63) is 82.2 Å². The zero-order chi connectivity index (χ0) is 26.3. The van der Waals surface area contributed by atoms with Gasteiger partial charge < -0.3 is 24.7 Å². The highest BCUT2D eigenvalue weighted by Gasteiger charge is 2.48. The summed E-state index contributed by atoms with van der Waals surface area (Å²) in [4.78, 5) is 43.9. The maximum absolute atomic E-state index is 14.0. The summed E-state index contributed by atoms with van der Waals surface area (Å²) in [5.41, 5.74) is -0.914. The SMILES string of the molecule is COc1ccc(CC(=O)N2c3c(c(=O)ccc4cc5[nH]ccc5cc34)C=CC2(CO)C(=O)O)c(OC)c1. The Morgan fingerprint density at radius 2 is 1.84 bits per heavy atom. The van der Waals surface area contributed by atoms with Crippen molar-refractivity contribution in [1.82, 2.24) is 4.98 Å². The lowest BCUT2D eigenvalue weighted by Gasteiger charge is -2.40. The Kier molecular flexibility index (Phi) is 5.93. The van der Waals surface area contributed by atoms with Gasteiger partial charge in [0.15, 0.2) is 11.0 Å². The maximum atomic E-state index is 14.0. The molecule has 4 aromatic rings. The second kappa shape index (κ2) is 9.11. The lowest BCUT2D eigenvalue weighted by atomic mass is 9.89. The average Bonchev–Trinajstić information content (AvgIpc) is 3.32. The average molecular weight is 501 g/mol. The summed E-state index contributed by atoms with van der Waals surface area (Å²) >= 11 is 0. The number of fused-ring (bicyclic) bond motifs is 4. The van der Waals surface area contributed by atoms with E-state index >= 15 is 0 Å². The number of nitrogens with one attached hydrogen (secondary N) is 1. The first-order chi connectivity index (χ1) is 17.8. The van der Waals surface area contributed by atoms with E-state index in [1.807, 2.05) is 12.1 Å². The number of carboxylic acid groups (broad SMARTS) is 1. The van der Waals surface area contributed by atoms with E-state index in [9.17, 15) is 24.6 Å². The van der Waals surface area contributed by atoms with E-state index in [2.05, 4.69) is 4.98 Å². The molecule has 0 radical (unpaired) electrons. The second-order valence-electron chi connectivity index (χ2n) is 8.77. The predicted molar refractivity (Wildman–Crippen MR) is 139 cm³/mol. The molecule has 0 saturated carbocycles. The molecule has 9 heteroatoms. The fourth-order valence-electron chi connectivity index (χ4n) is 4.82. The highest BCUT2D eigenvalue weighted by molar-refractivity contribution is 6.15. The molecule has 1 aromatic heterocycles. The van der Waals surface area contributed by atoms with Crippen LogP contribution in [-0.2, 0) is 16.0 Å². The molecule has 1 aliphatic rings. The molecule has 188 valence electrons. The number of H-pyrrole nitrogens is 1. The summed E-state index contributed by atoms with van der Waals surface area (Å²) in [5, 5.41) is 22.6. The van der Waals surface area contributed by atoms with Gasteiger partial charge in [0.1, 0.15) is 11.5 Å². The quantitative estimate of drug-likeness (QED) is 0.371. The van der Waals surface area contributed by atoms with Gasteiger partial charge >= 0.3 is 5.97 Å². The molecule has 0 spiro atoms. The molecule has 1 atom stereocenters. The van der Waals surface area contributed by atoms with Gasteiger partial charge in [-0.3, -0.25) is 14.5 Å². The van der Waals surface area contributed by atoms with Crippen LogP contribution in [0.2, 0.25) is 0 Å². The van der Waals surface area contributed by atoms with E-state index in [1.165, 1.54) is 32.4 Å². The number of carboxylic acids is 1. The summed E-state index contributed by atoms with van der Waals surface area (Å²) in [6.07, 6.45) is 4.09. The number of aliphatic hydroxyl groups is 1. The third kappa shape index (κ3) is 3.80. The Bertz CT molecular complexity index is 1660. The number of aromatic nitrogens is 1. The van der Waals surface area contributed by atoms with Crippen molar-refractivity contribution in [1.29, 1.82) is 0 Å². The zero-order valence-corrected chi connectivity index (χ0v) is 20.1. The first-order valence-corrected chi connectivity index (χ1v) is 11.5. The molecule has 1 amide bonds. The van der Waals surface area contributed by atoms with E-state index in [0.29, 0.717) is 27.8 Å². The molecule has 0 bridgehead atoms. The van der Waals surface area contributed by atoms with Crippen LogP contribution < -0.4 is 19.8 Å². The van der Waals surface area contributed by atoms with Gasteiger partial charge in [-0.15, -0.1) is 0 Å². The number of amides is 1. The largest absolute Gasteiger partial charge is 0.497 e. The summed E-state index contributed by atoms with van der Waals surface area (Å²) in [6, 6.07) is 13.5. The van der Waals surface area contributed by atoms with Crippen LogP contribution in [0.4, 0.5) is 5.69 Å². The molecule has 0 fully saturated rings. The van der Waals surface area contributed by atoms with Crippen molar-refractivity contribution in [2.24, 2.45) is 0 Å². The number of carbonyl (C=O) groups is 2. The molecular weight excluding hydrogens is 476 g/mol. The standard InChI is InChI=1S/C28H24N2O7/c1-36-19-5-3-18(24(14-19)37-2)13-25(33)30-26-20(7-9-28(30,15-31)27(34)35)23(32)6-4-16-12-22-17(8-10-29-22)11-21(16)26/h3-12,14,29,31H,13,15H2,1-2H3,(H,34,35). The summed E-state index contributed by atoms with van der Waals surface area (Å²) in [7, 11) is 2.96. The van der Waals surface area contributed by atoms with Crippen LogP contribution in [0.3, 0.4) is 0 Å². The first kappa shape index (κ1) is 24.1. The van der Waals surface area contributed by atoms with Crippen molar-refractivity contribution in [2.75, 3.05) is 25.7 Å². The third-order valence-corrected chi connectivity index (χ3v) is 6.76. The smallest absolute Gasteiger partial charge is 0.336 e. The van der Waals surface area contributed by atoms with Crippen molar-refractivity contribution in [2.45, 2.75) is 12.0 Å². The number of aliphatic hydroxyl groups excluding tert-OH is 1. The fraction of sp³-hybridized carbons (Fsp3) is 0.179. The zero-order valence-electron chi connectivity index (χ0n) is 20.1. The van der Waals surface area contributed by atoms with Gasteiger partial charge in [0, 0.05) is 39.7 Å². The molecular formula is C28H24N2O7. The van der Waals surface area contributed by atoms with Gasteiger partial charge in [0.2, 0.25) is 5.91 Å². The maximum Gasteiger partial charge on any atom is 0.336 e. The lowest BCUT2D eigenvalue weighted by Crippen LogP contribution is -2.60. The molecule has 9 nitrogen and oxygen atoms in total. The molecule has 37 heavy (non-hydrogen) atoms. The van der Waals surface area contributed by atoms with E-state index in [4.69, 9.17) is 9.47 Å². The number of ether oxygens (including phenoxy) is 2. The van der Waals surface area contributed by atoms with Crippen LogP contribution >= 0.6 is 0 Å². The summed E-state index contributed by atoms with van der Waals surface area (Å²) in [5.74, 6) is -1.15. The lowest BCUT2D eigenvalue weighted by molar-refractivity contribution is -0.144. The number of hydrogen-bond donors (Lipinski definition) is 3. The van der Waals surface area contributed by atoms with E-state index in [1.54, 1.807) is 36.5 Å². The van der Waals surface area contributed by atoms with Crippen LogP contribution in [0, 0.1) is 0 Å². The number of nitrogens with zero attached hydrogens (tertiary/aromatic N) is 1. The predicted octanol–water partition coefficient (Wildman–Crippen LogP) is 3.12. The number of methoxy groups -OCH3 is 2. The van der Waals surface area contributed by atoms with Gasteiger partial charge in [-0.1, -0.05) is 12.1 Å². The molecule has 2 heterocycles. The molecule has 0 saturated heterocycles. The highest BCUT2D eigenvalue weighted by atomic mass is 16.5. The fourth-order valence-corrected chi connectivity index (χ4v) is 4.82. The number of aromatic amines is 1. The normalized spacial score (nSPS) is 16.6. The minimum atomic E-state index is -2.12. The van der Waals surface area contributed by atoms with Crippen LogP contribution in [0.5, 0.6) is 11.5 Å². The molecule has 1 unspecified atom stereocenters. The van der Waals surface area contributed by atoms with Gasteiger partial charge in [-0.2, -0.15) is 0 Å². The molecule has 1 aliphatic heterocycles. The summed E-state index contributed by atoms with van der Waals surface area (Å²) in [6.45, 7) is -0.898. The number of hydrogen-bond acceptors (Lipinski definition) is 6. The number of carbonyl (C=O) groups excluding carboxylic acids is 1. The highest BCUT2D eigenvalue weighted by Crippen LogP contribution is 2.40. The second-order valence-corrected chi connectivity index (χ2v) is 8.77. The van der Waals surface area contributed by atoms with Gasteiger partial charge in [0.25, 0.3) is 0 Å². The Balaban J connectivity index is 1.79. The minimum Gasteiger partial charge on any atom is -0.497 e. The van der Waals surface area contributed by atoms with E-state index in [0.717, 1.165) is 15.8 Å². The van der Waals surface area contributed by atoms with Crippen LogP contribution in [0.1, 0.15) is 11.1 Å². The summed E-state index contributed by atoms with van der Waals surface area (Å²) < 4.78 is 10.7. The van der Waals surface area contributed by atoms with Gasteiger partial charge in [-0.05, 0) is 47.9 Å². The van der Waals surface area contributed by atoms with Crippen LogP contribution in [0.25, 0.3) is 27.8 Å². The Labute approximate surface area is 211 Å². The van der Waals surface area contributed by atoms with Gasteiger partial charge in [0.05, 0.1) is 32.9 Å². The van der Waals surface area contributed by atoms with Crippen LogP contribution in [-0.4, -0.2) is 53.4 Å². The first-order valence-electron chi connectivity index (χ1n) is 11.5. The third-order valence-electron chi connectivity index (χ3n) is 6.76. The Morgan fingerprint density at radius 3 is 2.54 bits per heavy atom. The molecule has 0 aliphatic carbocycles. The van der Waals surface area contributed by atoms with E-state index in [-0.39, 0.29) is 23.1 Å². The van der Waals surface area contributed by atoms with Crippen molar-refractivity contribution in [3.63, 3.8) is 0 Å². The van der Waals surface area contributed by atoms with Crippen LogP contribution in [0.15, 0.2) is 65.6 Å². The molecule has 5 rings (SSSR count). The van der Waals surface area contributed by atoms with Crippen molar-refractivity contribution in [3.8, 4) is 11.5 Å². The minimum absolute atomic E-state index is 0.129. The van der Waals surface area contributed by atoms with E-state index < -0.39 is 24.0 Å². The molecule has 3 N–H and O–H groups in total. The van der Waals surface area contributed by atoms with Crippen molar-refractivity contribution >= 4 is 45.3 Å². The number of aliphatic carboxylic acids is 1.